The smallest absolute Gasteiger partial charge is 0.307 e. The Morgan fingerprint density at radius 2 is 2.19 bits per heavy atom. The molecule has 5 nitrogen and oxygen atoms in total. The van der Waals surface area contributed by atoms with Crippen LogP contribution in [-0.4, -0.2) is 22.0 Å². The average molecular weight is 224 g/mol. The fourth-order valence-electron chi connectivity index (χ4n) is 1.44. The number of amides is 1. The van der Waals surface area contributed by atoms with E-state index >= 15 is 0 Å². The Kier molecular flexibility index (Phi) is 2.55. The van der Waals surface area contributed by atoms with E-state index in [-0.39, 0.29) is 5.91 Å². The fourth-order valence-corrected chi connectivity index (χ4v) is 1.44. The third-order valence-corrected chi connectivity index (χ3v) is 2.44. The molecule has 1 aliphatic rings. The van der Waals surface area contributed by atoms with Crippen molar-refractivity contribution in [2.75, 3.05) is 5.32 Å². The van der Waals surface area contributed by atoms with Gasteiger partial charge in [-0.25, -0.2) is 4.98 Å². The normalized spacial score (nSPS) is 22.6. The molecule has 0 aliphatic heterocycles. The van der Waals surface area contributed by atoms with E-state index in [2.05, 4.69) is 10.3 Å². The van der Waals surface area contributed by atoms with E-state index in [0.717, 1.165) is 6.07 Å². The lowest BCUT2D eigenvalue weighted by Crippen LogP contribution is -2.16. The number of rotatable bonds is 3. The van der Waals surface area contributed by atoms with Crippen LogP contribution in [0.5, 0.6) is 0 Å². The van der Waals surface area contributed by atoms with Gasteiger partial charge in [-0.2, -0.15) is 4.39 Å². The molecule has 0 bridgehead atoms. The predicted octanol–water partition coefficient (Wildman–Crippen LogP) is 0.880. The van der Waals surface area contributed by atoms with E-state index < -0.39 is 23.8 Å². The molecular weight excluding hydrogens is 215 g/mol. The van der Waals surface area contributed by atoms with Crippen molar-refractivity contribution >= 4 is 17.6 Å². The average Bonchev–Trinajstić information content (AvgIpc) is 3.01. The quantitative estimate of drug-likeness (QED) is 0.747. The highest BCUT2D eigenvalue weighted by molar-refractivity contribution is 5.98. The zero-order valence-electron chi connectivity index (χ0n) is 8.18. The number of hydrogen-bond donors (Lipinski definition) is 2. The Morgan fingerprint density at radius 1 is 1.44 bits per heavy atom. The minimum atomic E-state index is -0.961. The summed E-state index contributed by atoms with van der Waals surface area (Å²) in [6.45, 7) is 0. The van der Waals surface area contributed by atoms with Crippen LogP contribution in [-0.2, 0) is 9.59 Å². The molecule has 16 heavy (non-hydrogen) atoms. The molecule has 1 aliphatic carbocycles. The number of anilines is 1. The van der Waals surface area contributed by atoms with Gasteiger partial charge in [0.25, 0.3) is 0 Å². The lowest BCUT2D eigenvalue weighted by atomic mass is 10.3. The Morgan fingerprint density at radius 3 is 2.69 bits per heavy atom. The van der Waals surface area contributed by atoms with Gasteiger partial charge in [-0.05, 0) is 18.6 Å². The Balaban J connectivity index is 1.94. The molecule has 6 heteroatoms. The van der Waals surface area contributed by atoms with E-state index in [1.165, 1.54) is 12.3 Å². The van der Waals surface area contributed by atoms with Crippen LogP contribution in [0.15, 0.2) is 18.3 Å². The number of aromatic nitrogens is 1. The lowest BCUT2D eigenvalue weighted by Gasteiger charge is -2.02. The third-order valence-electron chi connectivity index (χ3n) is 2.44. The molecule has 2 rings (SSSR count). The maximum absolute atomic E-state index is 12.5. The monoisotopic (exact) mass is 224 g/mol. The summed E-state index contributed by atoms with van der Waals surface area (Å²) >= 11 is 0. The number of halogens is 1. The van der Waals surface area contributed by atoms with Gasteiger partial charge in [0.15, 0.2) is 0 Å². The lowest BCUT2D eigenvalue weighted by molar-refractivity contribution is -0.139. The van der Waals surface area contributed by atoms with Gasteiger partial charge < -0.3 is 10.4 Å². The first kappa shape index (κ1) is 10.5. The third kappa shape index (κ3) is 2.16. The van der Waals surface area contributed by atoms with E-state index in [1.54, 1.807) is 0 Å². The molecule has 0 radical (unpaired) electrons. The van der Waals surface area contributed by atoms with Gasteiger partial charge >= 0.3 is 5.97 Å². The fraction of sp³-hybridized carbons (Fsp3) is 0.300. The van der Waals surface area contributed by atoms with Crippen molar-refractivity contribution in [3.63, 3.8) is 0 Å². The van der Waals surface area contributed by atoms with Crippen molar-refractivity contribution in [2.24, 2.45) is 11.8 Å². The molecule has 0 aromatic carbocycles. The summed E-state index contributed by atoms with van der Waals surface area (Å²) in [6, 6.07) is 2.50. The van der Waals surface area contributed by atoms with Crippen LogP contribution in [0.2, 0.25) is 0 Å². The number of carbonyl (C=O) groups is 2. The number of pyridine rings is 1. The molecular formula is C10H9FN2O3. The zero-order chi connectivity index (χ0) is 11.7. The number of carboxylic acid groups (broad SMARTS) is 1. The molecule has 2 unspecified atom stereocenters. The second kappa shape index (κ2) is 3.88. The predicted molar refractivity (Wildman–Crippen MR) is 52.1 cm³/mol. The number of aliphatic carboxylic acids is 1. The second-order valence-electron chi connectivity index (χ2n) is 3.65. The van der Waals surface area contributed by atoms with Crippen LogP contribution in [0.25, 0.3) is 0 Å². The van der Waals surface area contributed by atoms with Gasteiger partial charge in [0.2, 0.25) is 11.9 Å². The SMILES string of the molecule is O=C(O)C1CC1C(=O)Nc1ccc(F)nc1. The molecule has 0 spiro atoms. The molecule has 1 aromatic heterocycles. The molecule has 1 heterocycles. The standard InChI is InChI=1S/C10H9FN2O3/c11-8-2-1-5(4-12-8)13-9(14)6-3-7(6)10(15)16/h1-2,4,6-7H,3H2,(H,13,14)(H,15,16). The molecule has 2 N–H and O–H groups in total. The summed E-state index contributed by atoms with van der Waals surface area (Å²) in [5, 5.41) is 11.1. The maximum atomic E-state index is 12.5. The van der Waals surface area contributed by atoms with Crippen molar-refractivity contribution in [1.82, 2.24) is 4.98 Å². The van der Waals surface area contributed by atoms with Gasteiger partial charge in [-0.3, -0.25) is 9.59 Å². The van der Waals surface area contributed by atoms with Crippen LogP contribution in [0, 0.1) is 17.8 Å². The molecule has 84 valence electrons. The number of hydrogen-bond acceptors (Lipinski definition) is 3. The summed E-state index contributed by atoms with van der Waals surface area (Å²) in [5.74, 6) is -3.03. The van der Waals surface area contributed by atoms with E-state index in [4.69, 9.17) is 5.11 Å². The summed E-state index contributed by atoms with van der Waals surface area (Å²) < 4.78 is 12.5. The van der Waals surface area contributed by atoms with E-state index in [0.29, 0.717) is 12.1 Å². The maximum Gasteiger partial charge on any atom is 0.307 e. The Hall–Kier alpha value is -1.98. The zero-order valence-corrected chi connectivity index (χ0v) is 8.18. The number of carboxylic acids is 1. The van der Waals surface area contributed by atoms with Crippen LogP contribution < -0.4 is 5.32 Å². The minimum absolute atomic E-state index is 0.357. The molecule has 2 atom stereocenters. The van der Waals surface area contributed by atoms with Crippen molar-refractivity contribution in [1.29, 1.82) is 0 Å². The first-order chi connectivity index (χ1) is 7.58. The number of carbonyl (C=O) groups excluding carboxylic acids is 1. The number of nitrogens with one attached hydrogen (secondary N) is 1. The first-order valence-electron chi connectivity index (χ1n) is 4.73. The highest BCUT2D eigenvalue weighted by Crippen LogP contribution is 2.39. The van der Waals surface area contributed by atoms with Gasteiger partial charge in [0.05, 0.1) is 23.7 Å². The summed E-state index contributed by atoms with van der Waals surface area (Å²) in [4.78, 5) is 25.4. The Labute approximate surface area is 90.3 Å². The highest BCUT2D eigenvalue weighted by Gasteiger charge is 2.48. The van der Waals surface area contributed by atoms with Crippen LogP contribution in [0.1, 0.15) is 6.42 Å². The molecule has 1 aromatic rings. The van der Waals surface area contributed by atoms with Crippen LogP contribution >= 0.6 is 0 Å². The highest BCUT2D eigenvalue weighted by atomic mass is 19.1. The summed E-state index contributed by atoms with van der Waals surface area (Å²) in [6.07, 6.45) is 1.54. The van der Waals surface area contributed by atoms with Crippen molar-refractivity contribution in [3.8, 4) is 0 Å². The summed E-state index contributed by atoms with van der Waals surface area (Å²) in [7, 11) is 0. The van der Waals surface area contributed by atoms with Gasteiger partial charge in [-0.15, -0.1) is 0 Å². The Bertz CT molecular complexity index is 432. The molecule has 1 saturated carbocycles. The molecule has 0 saturated heterocycles. The van der Waals surface area contributed by atoms with Crippen LogP contribution in [0.3, 0.4) is 0 Å². The van der Waals surface area contributed by atoms with E-state index in [1.807, 2.05) is 0 Å². The molecule has 1 amide bonds. The van der Waals surface area contributed by atoms with E-state index in [9.17, 15) is 14.0 Å². The van der Waals surface area contributed by atoms with Gasteiger partial charge in [-0.1, -0.05) is 0 Å². The summed E-state index contributed by atoms with van der Waals surface area (Å²) in [5.41, 5.74) is 0.363. The minimum Gasteiger partial charge on any atom is -0.481 e. The first-order valence-corrected chi connectivity index (χ1v) is 4.73. The van der Waals surface area contributed by atoms with Gasteiger partial charge in [0.1, 0.15) is 0 Å². The molecule has 1 fully saturated rings. The van der Waals surface area contributed by atoms with Crippen molar-refractivity contribution in [2.45, 2.75) is 6.42 Å². The van der Waals surface area contributed by atoms with Crippen molar-refractivity contribution < 1.29 is 19.1 Å². The topological polar surface area (TPSA) is 79.3 Å². The van der Waals surface area contributed by atoms with Gasteiger partial charge in [0, 0.05) is 0 Å². The van der Waals surface area contributed by atoms with Crippen molar-refractivity contribution in [3.05, 3.63) is 24.3 Å². The largest absolute Gasteiger partial charge is 0.481 e. The van der Waals surface area contributed by atoms with Crippen LogP contribution in [0.4, 0.5) is 10.1 Å². The second-order valence-corrected chi connectivity index (χ2v) is 3.65. The number of nitrogens with zero attached hydrogens (tertiary/aromatic N) is 1.